The van der Waals surface area contributed by atoms with Gasteiger partial charge in [0.15, 0.2) is 0 Å². The van der Waals surface area contributed by atoms with Crippen molar-refractivity contribution in [3.05, 3.63) is 29.6 Å². The molecule has 1 amide bonds. The zero-order chi connectivity index (χ0) is 9.84. The first-order valence-electron chi connectivity index (χ1n) is 3.80. The number of anilines is 1. The highest BCUT2D eigenvalue weighted by atomic mass is 19.1. The highest BCUT2D eigenvalue weighted by Crippen LogP contribution is 2.15. The van der Waals surface area contributed by atoms with E-state index in [0.29, 0.717) is 5.69 Å². The Morgan fingerprint density at radius 3 is 2.92 bits per heavy atom. The van der Waals surface area contributed by atoms with Crippen LogP contribution in [-0.4, -0.2) is 17.6 Å². The van der Waals surface area contributed by atoms with Crippen molar-refractivity contribution in [3.63, 3.8) is 0 Å². The summed E-state index contributed by atoms with van der Waals surface area (Å²) in [6.45, 7) is 1.14. The molecule has 0 atom stereocenters. The first kappa shape index (κ1) is 9.67. The van der Waals surface area contributed by atoms with Crippen molar-refractivity contribution in [1.82, 2.24) is 0 Å². The third-order valence-corrected chi connectivity index (χ3v) is 1.62. The Labute approximate surface area is 75.2 Å². The van der Waals surface area contributed by atoms with Crippen molar-refractivity contribution in [2.24, 2.45) is 0 Å². The van der Waals surface area contributed by atoms with Gasteiger partial charge in [0.05, 0.1) is 0 Å². The molecule has 0 spiro atoms. The summed E-state index contributed by atoms with van der Waals surface area (Å²) in [7, 11) is 0. The maximum atomic E-state index is 12.7. The van der Waals surface area contributed by atoms with Crippen LogP contribution < -0.4 is 5.32 Å². The molecule has 1 aromatic rings. The summed E-state index contributed by atoms with van der Waals surface area (Å²) in [5, 5.41) is 10.8. The normalized spacial score (nSPS) is 9.77. The number of benzene rings is 1. The first-order valence-corrected chi connectivity index (χ1v) is 3.80. The van der Waals surface area contributed by atoms with Gasteiger partial charge >= 0.3 is 0 Å². The second-order valence-electron chi connectivity index (χ2n) is 2.67. The summed E-state index contributed by atoms with van der Waals surface area (Å²) >= 11 is 0. The number of amides is 1. The molecule has 0 heterocycles. The quantitative estimate of drug-likeness (QED) is 0.720. The van der Waals surface area contributed by atoms with Gasteiger partial charge in [0.1, 0.15) is 12.4 Å². The average molecular weight is 183 g/mol. The molecule has 2 N–H and O–H groups in total. The predicted molar refractivity (Wildman–Crippen MR) is 46.9 cm³/mol. The number of rotatable bonds is 2. The molecule has 0 saturated heterocycles. The maximum absolute atomic E-state index is 12.7. The predicted octanol–water partition coefficient (Wildman–Crippen LogP) is 1.06. The highest BCUT2D eigenvalue weighted by molar-refractivity contribution is 5.92. The number of hydrogen-bond acceptors (Lipinski definition) is 2. The summed E-state index contributed by atoms with van der Waals surface area (Å²) in [5.41, 5.74) is 1.14. The molecule has 1 aromatic carbocycles. The summed E-state index contributed by atoms with van der Waals surface area (Å²) in [5.74, 6) is -0.965. The van der Waals surface area contributed by atoms with Crippen LogP contribution in [0.1, 0.15) is 5.56 Å². The van der Waals surface area contributed by atoms with Crippen molar-refractivity contribution >= 4 is 11.6 Å². The van der Waals surface area contributed by atoms with Crippen molar-refractivity contribution in [2.45, 2.75) is 6.92 Å². The second kappa shape index (κ2) is 4.00. The number of nitrogens with one attached hydrogen (secondary N) is 1. The molecular weight excluding hydrogens is 173 g/mol. The van der Waals surface area contributed by atoms with Crippen LogP contribution in [0.15, 0.2) is 18.2 Å². The van der Waals surface area contributed by atoms with E-state index >= 15 is 0 Å². The third-order valence-electron chi connectivity index (χ3n) is 1.62. The van der Waals surface area contributed by atoms with Gasteiger partial charge < -0.3 is 10.4 Å². The molecule has 70 valence electrons. The Hall–Kier alpha value is -1.42. The zero-order valence-corrected chi connectivity index (χ0v) is 7.17. The summed E-state index contributed by atoms with van der Waals surface area (Å²) in [4.78, 5) is 10.8. The van der Waals surface area contributed by atoms with Crippen molar-refractivity contribution in [3.8, 4) is 0 Å². The summed E-state index contributed by atoms with van der Waals surface area (Å²) in [6, 6.07) is 4.08. The Kier molecular flexibility index (Phi) is 2.97. The SMILES string of the molecule is Cc1ccc(F)cc1NC(=O)CO. The van der Waals surface area contributed by atoms with E-state index in [2.05, 4.69) is 5.32 Å². The lowest BCUT2D eigenvalue weighted by Gasteiger charge is -2.06. The van der Waals surface area contributed by atoms with E-state index in [1.54, 1.807) is 13.0 Å². The van der Waals surface area contributed by atoms with Gasteiger partial charge in [-0.25, -0.2) is 4.39 Å². The van der Waals surface area contributed by atoms with Crippen molar-refractivity contribution < 1.29 is 14.3 Å². The monoisotopic (exact) mass is 183 g/mol. The zero-order valence-electron chi connectivity index (χ0n) is 7.17. The number of aliphatic hydroxyl groups is 1. The topological polar surface area (TPSA) is 49.3 Å². The fourth-order valence-corrected chi connectivity index (χ4v) is 0.919. The van der Waals surface area contributed by atoms with Gasteiger partial charge in [-0.3, -0.25) is 4.79 Å². The molecular formula is C9H10FNO2. The molecule has 0 unspecified atom stereocenters. The van der Waals surface area contributed by atoms with Crippen LogP contribution in [0.2, 0.25) is 0 Å². The summed E-state index contributed by atoms with van der Waals surface area (Å²) < 4.78 is 12.7. The lowest BCUT2D eigenvalue weighted by molar-refractivity contribution is -0.118. The molecule has 4 heteroatoms. The minimum absolute atomic E-state index is 0.388. The minimum Gasteiger partial charge on any atom is -0.387 e. The lowest BCUT2D eigenvalue weighted by atomic mass is 10.2. The van der Waals surface area contributed by atoms with E-state index in [1.165, 1.54) is 12.1 Å². The van der Waals surface area contributed by atoms with Crippen LogP contribution in [0.3, 0.4) is 0 Å². The van der Waals surface area contributed by atoms with Gasteiger partial charge in [0.25, 0.3) is 0 Å². The number of carbonyl (C=O) groups is 1. The molecule has 13 heavy (non-hydrogen) atoms. The molecule has 0 saturated carbocycles. The Morgan fingerprint density at radius 2 is 2.31 bits per heavy atom. The number of carbonyl (C=O) groups excluding carboxylic acids is 1. The van der Waals surface area contributed by atoms with E-state index < -0.39 is 18.3 Å². The van der Waals surface area contributed by atoms with Crippen molar-refractivity contribution in [1.29, 1.82) is 0 Å². The van der Waals surface area contributed by atoms with Crippen LogP contribution in [0.4, 0.5) is 10.1 Å². The fourth-order valence-electron chi connectivity index (χ4n) is 0.919. The smallest absolute Gasteiger partial charge is 0.250 e. The molecule has 0 bridgehead atoms. The van der Waals surface area contributed by atoms with E-state index in [1.807, 2.05) is 0 Å². The standard InChI is InChI=1S/C9H10FNO2/c1-6-2-3-7(10)4-8(6)11-9(13)5-12/h2-4,12H,5H2,1H3,(H,11,13). The Balaban J connectivity index is 2.87. The first-order chi connectivity index (χ1) is 6.13. The van der Waals surface area contributed by atoms with Crippen LogP contribution in [-0.2, 0) is 4.79 Å². The van der Waals surface area contributed by atoms with Gasteiger partial charge in [-0.2, -0.15) is 0 Å². The Morgan fingerprint density at radius 1 is 1.62 bits per heavy atom. The van der Waals surface area contributed by atoms with Gasteiger partial charge in [-0.15, -0.1) is 0 Å². The van der Waals surface area contributed by atoms with E-state index in [-0.39, 0.29) is 0 Å². The molecule has 0 aliphatic rings. The second-order valence-corrected chi connectivity index (χ2v) is 2.67. The van der Waals surface area contributed by atoms with Crippen molar-refractivity contribution in [2.75, 3.05) is 11.9 Å². The summed E-state index contributed by atoms with van der Waals surface area (Å²) in [6.07, 6.45) is 0. The Bertz CT molecular complexity index is 325. The fraction of sp³-hybridized carbons (Fsp3) is 0.222. The van der Waals surface area contributed by atoms with Crippen LogP contribution in [0.25, 0.3) is 0 Å². The van der Waals surface area contributed by atoms with E-state index in [9.17, 15) is 9.18 Å². The molecule has 0 aliphatic carbocycles. The number of aliphatic hydroxyl groups excluding tert-OH is 1. The molecule has 1 rings (SSSR count). The van der Waals surface area contributed by atoms with Crippen LogP contribution >= 0.6 is 0 Å². The molecule has 0 aliphatic heterocycles. The van der Waals surface area contributed by atoms with Gasteiger partial charge in [0, 0.05) is 5.69 Å². The maximum Gasteiger partial charge on any atom is 0.250 e. The number of aryl methyl sites for hydroxylation is 1. The molecule has 0 radical (unpaired) electrons. The van der Waals surface area contributed by atoms with E-state index in [0.717, 1.165) is 5.56 Å². The van der Waals surface area contributed by atoms with Crippen LogP contribution in [0.5, 0.6) is 0 Å². The van der Waals surface area contributed by atoms with Gasteiger partial charge in [-0.05, 0) is 24.6 Å². The lowest BCUT2D eigenvalue weighted by Crippen LogP contribution is -2.16. The molecule has 0 aromatic heterocycles. The van der Waals surface area contributed by atoms with Crippen LogP contribution in [0, 0.1) is 12.7 Å². The van der Waals surface area contributed by atoms with Gasteiger partial charge in [-0.1, -0.05) is 6.07 Å². The molecule has 3 nitrogen and oxygen atoms in total. The molecule has 0 fully saturated rings. The largest absolute Gasteiger partial charge is 0.387 e. The van der Waals surface area contributed by atoms with E-state index in [4.69, 9.17) is 5.11 Å². The minimum atomic E-state index is -0.601. The number of hydrogen-bond donors (Lipinski definition) is 2. The highest BCUT2D eigenvalue weighted by Gasteiger charge is 2.03. The van der Waals surface area contributed by atoms with Gasteiger partial charge in [0.2, 0.25) is 5.91 Å². The average Bonchev–Trinajstić information content (AvgIpc) is 2.11. The third kappa shape index (κ3) is 2.52. The number of halogens is 1.